The van der Waals surface area contributed by atoms with E-state index < -0.39 is 0 Å². The minimum absolute atomic E-state index is 0.793. The molecule has 0 saturated heterocycles. The van der Waals surface area contributed by atoms with Crippen molar-refractivity contribution >= 4 is 15.9 Å². The van der Waals surface area contributed by atoms with E-state index in [1.807, 2.05) is 24.3 Å². The summed E-state index contributed by atoms with van der Waals surface area (Å²) < 4.78 is 5.14. The standard InChI is InChI=1S/C10H9BrN2O/c11-5-4-8-7-10(13-14-8)9-3-1-2-6-12-9/h1-3,6-7H,4-5H2. The van der Waals surface area contributed by atoms with Crippen LogP contribution < -0.4 is 0 Å². The van der Waals surface area contributed by atoms with Crippen molar-refractivity contribution in [2.75, 3.05) is 5.33 Å². The van der Waals surface area contributed by atoms with Gasteiger partial charge in [-0.1, -0.05) is 27.2 Å². The van der Waals surface area contributed by atoms with Gasteiger partial charge in [0.15, 0.2) is 0 Å². The van der Waals surface area contributed by atoms with E-state index >= 15 is 0 Å². The van der Waals surface area contributed by atoms with Gasteiger partial charge in [0.25, 0.3) is 0 Å². The van der Waals surface area contributed by atoms with Gasteiger partial charge in [-0.15, -0.1) is 0 Å². The summed E-state index contributed by atoms with van der Waals surface area (Å²) in [6.07, 6.45) is 2.59. The van der Waals surface area contributed by atoms with E-state index in [1.165, 1.54) is 0 Å². The molecule has 0 bridgehead atoms. The number of hydrogen-bond donors (Lipinski definition) is 0. The number of hydrogen-bond acceptors (Lipinski definition) is 3. The van der Waals surface area contributed by atoms with Crippen LogP contribution in [0.1, 0.15) is 5.76 Å². The summed E-state index contributed by atoms with van der Waals surface area (Å²) in [7, 11) is 0. The van der Waals surface area contributed by atoms with Gasteiger partial charge >= 0.3 is 0 Å². The van der Waals surface area contributed by atoms with Crippen molar-refractivity contribution in [2.45, 2.75) is 6.42 Å². The molecule has 2 aromatic heterocycles. The van der Waals surface area contributed by atoms with E-state index in [4.69, 9.17) is 4.52 Å². The van der Waals surface area contributed by atoms with Crippen molar-refractivity contribution in [2.24, 2.45) is 0 Å². The number of alkyl halides is 1. The summed E-state index contributed by atoms with van der Waals surface area (Å²) in [5, 5.41) is 4.83. The predicted molar refractivity (Wildman–Crippen MR) is 57.2 cm³/mol. The molecule has 0 N–H and O–H groups in total. The summed E-state index contributed by atoms with van der Waals surface area (Å²) >= 11 is 3.35. The van der Waals surface area contributed by atoms with Crippen molar-refractivity contribution in [1.82, 2.24) is 10.1 Å². The molecule has 0 spiro atoms. The van der Waals surface area contributed by atoms with Crippen LogP contribution in [0, 0.1) is 0 Å². The van der Waals surface area contributed by atoms with Gasteiger partial charge in [0.05, 0.1) is 5.69 Å². The van der Waals surface area contributed by atoms with E-state index in [1.54, 1.807) is 6.20 Å². The molecule has 72 valence electrons. The zero-order valence-electron chi connectivity index (χ0n) is 7.48. The number of aromatic nitrogens is 2. The lowest BCUT2D eigenvalue weighted by molar-refractivity contribution is 0.389. The first kappa shape index (κ1) is 9.40. The Morgan fingerprint density at radius 2 is 2.21 bits per heavy atom. The summed E-state index contributed by atoms with van der Waals surface area (Å²) in [5.41, 5.74) is 1.64. The first-order valence-corrected chi connectivity index (χ1v) is 5.45. The van der Waals surface area contributed by atoms with E-state index in [0.717, 1.165) is 28.9 Å². The van der Waals surface area contributed by atoms with E-state index in [2.05, 4.69) is 26.1 Å². The molecule has 0 radical (unpaired) electrons. The lowest BCUT2D eigenvalue weighted by Crippen LogP contribution is -1.81. The van der Waals surface area contributed by atoms with Crippen LogP contribution in [-0.4, -0.2) is 15.5 Å². The van der Waals surface area contributed by atoms with Gasteiger partial charge in [0, 0.05) is 24.0 Å². The Balaban J connectivity index is 2.25. The van der Waals surface area contributed by atoms with E-state index in [0.29, 0.717) is 0 Å². The molecule has 0 atom stereocenters. The molecule has 3 nitrogen and oxygen atoms in total. The van der Waals surface area contributed by atoms with Crippen LogP contribution in [0.4, 0.5) is 0 Å². The molecule has 0 saturated carbocycles. The highest BCUT2D eigenvalue weighted by molar-refractivity contribution is 9.09. The number of halogens is 1. The maximum absolute atomic E-state index is 5.14. The van der Waals surface area contributed by atoms with Gasteiger partial charge in [-0.2, -0.15) is 0 Å². The molecule has 0 aliphatic heterocycles. The average Bonchev–Trinajstić information content (AvgIpc) is 2.68. The second-order valence-electron chi connectivity index (χ2n) is 2.83. The SMILES string of the molecule is BrCCc1cc(-c2ccccn2)no1. The quantitative estimate of drug-likeness (QED) is 0.789. The van der Waals surface area contributed by atoms with Crippen LogP contribution in [0.3, 0.4) is 0 Å². The lowest BCUT2D eigenvalue weighted by atomic mass is 10.2. The first-order valence-electron chi connectivity index (χ1n) is 4.33. The molecule has 0 aliphatic rings. The van der Waals surface area contributed by atoms with Crippen molar-refractivity contribution in [3.8, 4) is 11.4 Å². The zero-order chi connectivity index (χ0) is 9.80. The molecule has 0 aliphatic carbocycles. The van der Waals surface area contributed by atoms with Gasteiger partial charge in [-0.3, -0.25) is 4.98 Å². The Kier molecular flexibility index (Phi) is 2.93. The molecule has 4 heteroatoms. The summed E-state index contributed by atoms with van der Waals surface area (Å²) in [5.74, 6) is 0.877. The highest BCUT2D eigenvalue weighted by Crippen LogP contribution is 2.16. The Labute approximate surface area is 90.3 Å². The predicted octanol–water partition coefficient (Wildman–Crippen LogP) is 2.67. The van der Waals surface area contributed by atoms with E-state index in [-0.39, 0.29) is 0 Å². The fourth-order valence-corrected chi connectivity index (χ4v) is 1.55. The normalized spacial score (nSPS) is 10.4. The van der Waals surface area contributed by atoms with Gasteiger partial charge in [-0.25, -0.2) is 0 Å². The maximum Gasteiger partial charge on any atom is 0.138 e. The number of aryl methyl sites for hydroxylation is 1. The first-order chi connectivity index (χ1) is 6.90. The second kappa shape index (κ2) is 4.37. The Morgan fingerprint density at radius 1 is 1.29 bits per heavy atom. The molecule has 2 heterocycles. The summed E-state index contributed by atoms with van der Waals surface area (Å²) in [6.45, 7) is 0. The lowest BCUT2D eigenvalue weighted by Gasteiger charge is -1.90. The van der Waals surface area contributed by atoms with Crippen LogP contribution in [-0.2, 0) is 6.42 Å². The van der Waals surface area contributed by atoms with Crippen LogP contribution in [0.5, 0.6) is 0 Å². The van der Waals surface area contributed by atoms with Crippen LogP contribution in [0.25, 0.3) is 11.4 Å². The molecule has 0 fully saturated rings. The summed E-state index contributed by atoms with van der Waals surface area (Å²) in [6, 6.07) is 7.64. The van der Waals surface area contributed by atoms with Gasteiger partial charge in [0.2, 0.25) is 0 Å². The third kappa shape index (κ3) is 2.01. The zero-order valence-corrected chi connectivity index (χ0v) is 9.07. The smallest absolute Gasteiger partial charge is 0.138 e. The molecule has 0 unspecified atom stereocenters. The Bertz CT molecular complexity index is 400. The molecule has 2 rings (SSSR count). The monoisotopic (exact) mass is 252 g/mol. The number of nitrogens with zero attached hydrogens (tertiary/aromatic N) is 2. The van der Waals surface area contributed by atoms with Crippen molar-refractivity contribution in [3.63, 3.8) is 0 Å². The molecule has 2 aromatic rings. The fraction of sp³-hybridized carbons (Fsp3) is 0.200. The topological polar surface area (TPSA) is 38.9 Å². The highest BCUT2D eigenvalue weighted by atomic mass is 79.9. The summed E-state index contributed by atoms with van der Waals surface area (Å²) in [4.78, 5) is 4.19. The van der Waals surface area contributed by atoms with Crippen molar-refractivity contribution in [3.05, 3.63) is 36.2 Å². The third-order valence-corrected chi connectivity index (χ3v) is 2.22. The van der Waals surface area contributed by atoms with Crippen molar-refractivity contribution < 1.29 is 4.52 Å². The fourth-order valence-electron chi connectivity index (χ4n) is 1.16. The maximum atomic E-state index is 5.14. The largest absolute Gasteiger partial charge is 0.361 e. The minimum Gasteiger partial charge on any atom is -0.361 e. The molecule has 14 heavy (non-hydrogen) atoms. The molecule has 0 amide bonds. The van der Waals surface area contributed by atoms with Crippen LogP contribution in [0.2, 0.25) is 0 Å². The molecule has 0 aromatic carbocycles. The number of pyridine rings is 1. The van der Waals surface area contributed by atoms with E-state index in [9.17, 15) is 0 Å². The molecular formula is C10H9BrN2O. The van der Waals surface area contributed by atoms with Gasteiger partial charge < -0.3 is 4.52 Å². The molecular weight excluding hydrogens is 244 g/mol. The Hall–Kier alpha value is -1.16. The third-order valence-electron chi connectivity index (χ3n) is 1.83. The van der Waals surface area contributed by atoms with Crippen LogP contribution >= 0.6 is 15.9 Å². The van der Waals surface area contributed by atoms with Crippen molar-refractivity contribution in [1.29, 1.82) is 0 Å². The van der Waals surface area contributed by atoms with Gasteiger partial charge in [0.1, 0.15) is 11.5 Å². The van der Waals surface area contributed by atoms with Crippen LogP contribution in [0.15, 0.2) is 35.0 Å². The Morgan fingerprint density at radius 3 is 2.93 bits per heavy atom. The average molecular weight is 253 g/mol. The van der Waals surface area contributed by atoms with Gasteiger partial charge in [-0.05, 0) is 12.1 Å². The number of rotatable bonds is 3. The highest BCUT2D eigenvalue weighted by Gasteiger charge is 2.05. The second-order valence-corrected chi connectivity index (χ2v) is 3.63. The minimum atomic E-state index is 0.793.